The van der Waals surface area contributed by atoms with Crippen LogP contribution in [0.25, 0.3) is 0 Å². The molecule has 0 radical (unpaired) electrons. The Bertz CT molecular complexity index is 375. The average molecular weight is 289 g/mol. The Morgan fingerprint density at radius 1 is 1.32 bits per heavy atom. The molecule has 0 bridgehead atoms. The Hall–Kier alpha value is -1.46. The highest BCUT2D eigenvalue weighted by atomic mass is 35.5. The number of nitrogens with one attached hydrogen (secondary N) is 1. The smallest absolute Gasteiger partial charge is 0.223 e. The minimum Gasteiger partial charge on any atom is -0.493 e. The summed E-state index contributed by atoms with van der Waals surface area (Å²) in [5, 5.41) is 2.77. The number of ether oxygens (including phenoxy) is 2. The number of amides is 1. The third-order valence-corrected chi connectivity index (χ3v) is 2.36. The van der Waals surface area contributed by atoms with Gasteiger partial charge in [0.2, 0.25) is 5.91 Å². The van der Waals surface area contributed by atoms with E-state index in [0.29, 0.717) is 37.6 Å². The number of nitrogens with two attached hydrogens (primary N) is 1. The quantitative estimate of drug-likeness (QED) is 0.708. The number of halogens is 1. The molecule has 3 N–H and O–H groups in total. The second-order valence-electron chi connectivity index (χ2n) is 3.74. The lowest BCUT2D eigenvalue weighted by Gasteiger charge is -2.10. The van der Waals surface area contributed by atoms with Gasteiger partial charge in [0.05, 0.1) is 20.1 Å². The van der Waals surface area contributed by atoms with E-state index in [1.165, 1.54) is 0 Å². The summed E-state index contributed by atoms with van der Waals surface area (Å²) in [4.78, 5) is 11.4. The topological polar surface area (TPSA) is 73.6 Å². The molecule has 0 saturated heterocycles. The molecular formula is C13H21ClN2O3. The van der Waals surface area contributed by atoms with Crippen LogP contribution in [-0.2, 0) is 4.79 Å². The predicted octanol–water partition coefficient (Wildman–Crippen LogP) is 1.35. The molecule has 0 heterocycles. The van der Waals surface area contributed by atoms with E-state index in [2.05, 4.69) is 5.32 Å². The van der Waals surface area contributed by atoms with Crippen molar-refractivity contribution in [1.82, 2.24) is 5.32 Å². The van der Waals surface area contributed by atoms with Crippen LogP contribution in [0.3, 0.4) is 0 Å². The molecule has 108 valence electrons. The summed E-state index contributed by atoms with van der Waals surface area (Å²) in [7, 11) is 1.59. The largest absolute Gasteiger partial charge is 0.493 e. The SMILES string of the molecule is COc1ccccc1OCCC(=O)NCCCN.Cl. The highest BCUT2D eigenvalue weighted by molar-refractivity contribution is 5.85. The first kappa shape index (κ1) is 17.5. The van der Waals surface area contributed by atoms with Crippen LogP contribution >= 0.6 is 12.4 Å². The van der Waals surface area contributed by atoms with Gasteiger partial charge in [-0.3, -0.25) is 4.79 Å². The van der Waals surface area contributed by atoms with Crippen molar-refractivity contribution < 1.29 is 14.3 Å². The van der Waals surface area contributed by atoms with Crippen molar-refractivity contribution in [2.45, 2.75) is 12.8 Å². The van der Waals surface area contributed by atoms with Gasteiger partial charge in [0.25, 0.3) is 0 Å². The first-order chi connectivity index (χ1) is 8.77. The molecular weight excluding hydrogens is 268 g/mol. The van der Waals surface area contributed by atoms with E-state index >= 15 is 0 Å². The summed E-state index contributed by atoms with van der Waals surface area (Å²) in [6.45, 7) is 1.52. The van der Waals surface area contributed by atoms with Crippen molar-refractivity contribution in [3.63, 3.8) is 0 Å². The van der Waals surface area contributed by atoms with Gasteiger partial charge >= 0.3 is 0 Å². The second-order valence-corrected chi connectivity index (χ2v) is 3.74. The lowest BCUT2D eigenvalue weighted by Crippen LogP contribution is -2.27. The maximum Gasteiger partial charge on any atom is 0.223 e. The minimum absolute atomic E-state index is 0. The molecule has 0 aliphatic rings. The van der Waals surface area contributed by atoms with Crippen LogP contribution in [0.1, 0.15) is 12.8 Å². The first-order valence-corrected chi connectivity index (χ1v) is 6.00. The maximum atomic E-state index is 11.4. The van der Waals surface area contributed by atoms with Crippen molar-refractivity contribution in [1.29, 1.82) is 0 Å². The Balaban J connectivity index is 0.00000324. The molecule has 1 aromatic rings. The van der Waals surface area contributed by atoms with E-state index in [4.69, 9.17) is 15.2 Å². The Morgan fingerprint density at radius 2 is 2.00 bits per heavy atom. The lowest BCUT2D eigenvalue weighted by molar-refractivity contribution is -0.121. The molecule has 0 atom stereocenters. The summed E-state index contributed by atoms with van der Waals surface area (Å²) < 4.78 is 10.6. The van der Waals surface area contributed by atoms with Crippen molar-refractivity contribution in [3.05, 3.63) is 24.3 Å². The van der Waals surface area contributed by atoms with Crippen molar-refractivity contribution in [3.8, 4) is 11.5 Å². The number of carbonyl (C=O) groups is 1. The summed E-state index contributed by atoms with van der Waals surface area (Å²) in [6, 6.07) is 7.35. The Kier molecular flexibility index (Phi) is 9.66. The van der Waals surface area contributed by atoms with Crippen LogP contribution in [0.2, 0.25) is 0 Å². The van der Waals surface area contributed by atoms with Gasteiger partial charge in [0, 0.05) is 6.54 Å². The molecule has 0 unspecified atom stereocenters. The summed E-state index contributed by atoms with van der Waals surface area (Å²) in [6.07, 6.45) is 1.11. The summed E-state index contributed by atoms with van der Waals surface area (Å²) in [5.74, 6) is 1.29. The number of carbonyl (C=O) groups excluding carboxylic acids is 1. The van der Waals surface area contributed by atoms with Gasteiger partial charge < -0.3 is 20.5 Å². The molecule has 0 aliphatic carbocycles. The third kappa shape index (κ3) is 6.88. The monoisotopic (exact) mass is 288 g/mol. The average Bonchev–Trinajstić information content (AvgIpc) is 2.39. The zero-order valence-corrected chi connectivity index (χ0v) is 11.9. The summed E-state index contributed by atoms with van der Waals surface area (Å²) >= 11 is 0. The second kappa shape index (κ2) is 10.5. The van der Waals surface area contributed by atoms with Gasteiger partial charge in [-0.2, -0.15) is 0 Å². The Morgan fingerprint density at radius 3 is 2.63 bits per heavy atom. The fourth-order valence-electron chi connectivity index (χ4n) is 1.41. The molecule has 1 rings (SSSR count). The molecule has 5 nitrogen and oxygen atoms in total. The van der Waals surface area contributed by atoms with E-state index in [1.807, 2.05) is 24.3 Å². The van der Waals surface area contributed by atoms with E-state index in [-0.39, 0.29) is 18.3 Å². The van der Waals surface area contributed by atoms with Gasteiger partial charge in [0.1, 0.15) is 0 Å². The number of benzene rings is 1. The number of rotatable bonds is 8. The summed E-state index contributed by atoms with van der Waals surface area (Å²) in [5.41, 5.74) is 5.33. The first-order valence-electron chi connectivity index (χ1n) is 6.00. The van der Waals surface area contributed by atoms with Crippen LogP contribution in [0.5, 0.6) is 11.5 Å². The third-order valence-electron chi connectivity index (χ3n) is 2.36. The lowest BCUT2D eigenvalue weighted by atomic mass is 10.3. The van der Waals surface area contributed by atoms with Crippen molar-refractivity contribution in [2.75, 3.05) is 26.8 Å². The van der Waals surface area contributed by atoms with Crippen LogP contribution in [-0.4, -0.2) is 32.7 Å². The van der Waals surface area contributed by atoms with E-state index in [1.54, 1.807) is 7.11 Å². The van der Waals surface area contributed by atoms with E-state index < -0.39 is 0 Å². The normalized spacial score (nSPS) is 9.37. The molecule has 1 amide bonds. The molecule has 0 aliphatic heterocycles. The van der Waals surface area contributed by atoms with Crippen LogP contribution in [0, 0.1) is 0 Å². The van der Waals surface area contributed by atoms with Crippen molar-refractivity contribution in [2.24, 2.45) is 5.73 Å². The number of methoxy groups -OCH3 is 1. The molecule has 0 spiro atoms. The van der Waals surface area contributed by atoms with Gasteiger partial charge in [-0.05, 0) is 25.1 Å². The molecule has 6 heteroatoms. The van der Waals surface area contributed by atoms with Crippen molar-refractivity contribution >= 4 is 18.3 Å². The van der Waals surface area contributed by atoms with E-state index in [0.717, 1.165) is 6.42 Å². The molecule has 19 heavy (non-hydrogen) atoms. The standard InChI is InChI=1S/C13H20N2O3.ClH/c1-17-11-5-2-3-6-12(11)18-10-7-13(16)15-9-4-8-14;/h2-3,5-6H,4,7-10,14H2,1H3,(H,15,16);1H. The van der Waals surface area contributed by atoms with Gasteiger partial charge in [-0.15, -0.1) is 12.4 Å². The molecule has 0 aromatic heterocycles. The molecule has 0 fully saturated rings. The fraction of sp³-hybridized carbons (Fsp3) is 0.462. The number of hydrogen-bond acceptors (Lipinski definition) is 4. The predicted molar refractivity (Wildman–Crippen MR) is 77.0 cm³/mol. The van der Waals surface area contributed by atoms with E-state index in [9.17, 15) is 4.79 Å². The maximum absolute atomic E-state index is 11.4. The van der Waals surface area contributed by atoms with Gasteiger partial charge in [0.15, 0.2) is 11.5 Å². The highest BCUT2D eigenvalue weighted by Gasteiger charge is 2.04. The molecule has 1 aromatic carbocycles. The zero-order valence-electron chi connectivity index (χ0n) is 11.1. The number of hydrogen-bond donors (Lipinski definition) is 2. The Labute approximate surface area is 119 Å². The minimum atomic E-state index is -0.0293. The van der Waals surface area contributed by atoms with Crippen LogP contribution < -0.4 is 20.5 Å². The fourth-order valence-corrected chi connectivity index (χ4v) is 1.41. The highest BCUT2D eigenvalue weighted by Crippen LogP contribution is 2.25. The van der Waals surface area contributed by atoms with Crippen LogP contribution in [0.4, 0.5) is 0 Å². The molecule has 0 saturated carbocycles. The zero-order chi connectivity index (χ0) is 13.2. The van der Waals surface area contributed by atoms with Gasteiger partial charge in [-0.1, -0.05) is 12.1 Å². The van der Waals surface area contributed by atoms with Crippen LogP contribution in [0.15, 0.2) is 24.3 Å². The number of para-hydroxylation sites is 2. The van der Waals surface area contributed by atoms with Gasteiger partial charge in [-0.25, -0.2) is 0 Å².